The van der Waals surface area contributed by atoms with E-state index in [2.05, 4.69) is 19.9 Å². The van der Waals surface area contributed by atoms with Gasteiger partial charge in [0, 0.05) is 16.3 Å². The van der Waals surface area contributed by atoms with Crippen molar-refractivity contribution in [3.05, 3.63) is 47.1 Å². The number of carboxylic acids is 1. The van der Waals surface area contributed by atoms with Crippen LogP contribution in [0.15, 0.2) is 35.9 Å². The molecule has 0 aliphatic carbocycles. The minimum atomic E-state index is -1.20. The van der Waals surface area contributed by atoms with Crippen LogP contribution in [-0.2, 0) is 0 Å². The van der Waals surface area contributed by atoms with Crippen LogP contribution in [0.25, 0.3) is 16.8 Å². The van der Waals surface area contributed by atoms with Crippen molar-refractivity contribution in [2.75, 3.05) is 7.11 Å². The quantitative estimate of drug-likeness (QED) is 0.713. The molecule has 1 atom stereocenters. The van der Waals surface area contributed by atoms with E-state index in [0.717, 1.165) is 18.4 Å². The highest BCUT2D eigenvalue weighted by Gasteiger charge is 2.29. The molecule has 142 valence electrons. The maximum Gasteiger partial charge on any atom is 0.339 e. The molecule has 2 aromatic rings. The summed E-state index contributed by atoms with van der Waals surface area (Å²) in [5.41, 5.74) is 1.44. The van der Waals surface area contributed by atoms with Gasteiger partial charge in [-0.3, -0.25) is 0 Å². The number of carboxylic acid groups (broad SMARTS) is 1. The second-order valence-corrected chi connectivity index (χ2v) is 7.25. The predicted octanol–water partition coefficient (Wildman–Crippen LogP) is 5.16. The molecule has 3 rings (SSSR count). The van der Waals surface area contributed by atoms with E-state index in [-0.39, 0.29) is 11.3 Å². The first-order valence-electron chi connectivity index (χ1n) is 8.87. The molecule has 27 heavy (non-hydrogen) atoms. The number of ether oxygens (including phenoxy) is 2. The molecule has 0 amide bonds. The van der Waals surface area contributed by atoms with Gasteiger partial charge in [0.25, 0.3) is 0 Å². The second-order valence-electron chi connectivity index (χ2n) is 7.25. The van der Waals surface area contributed by atoms with Crippen molar-refractivity contribution in [1.29, 1.82) is 0 Å². The first-order chi connectivity index (χ1) is 12.8. The molecule has 0 aromatic heterocycles. The molecule has 1 heterocycles. The molecule has 0 spiro atoms. The molecule has 0 saturated carbocycles. The van der Waals surface area contributed by atoms with Gasteiger partial charge in [0.1, 0.15) is 28.4 Å². The summed E-state index contributed by atoms with van der Waals surface area (Å²) in [6.07, 6.45) is 7.92. The van der Waals surface area contributed by atoms with Crippen LogP contribution < -0.4 is 9.47 Å². The van der Waals surface area contributed by atoms with Gasteiger partial charge in [-0.25, -0.2) is 4.79 Å². The van der Waals surface area contributed by atoms with Gasteiger partial charge >= 0.3 is 5.97 Å². The van der Waals surface area contributed by atoms with Crippen molar-refractivity contribution in [2.24, 2.45) is 0 Å². The number of hydrogen-bond donors (Lipinski definition) is 2. The molecule has 0 bridgehead atoms. The smallest absolute Gasteiger partial charge is 0.339 e. The van der Waals surface area contributed by atoms with Gasteiger partial charge in [0.05, 0.1) is 7.11 Å². The molecule has 5 nitrogen and oxygen atoms in total. The van der Waals surface area contributed by atoms with Crippen LogP contribution in [0.2, 0.25) is 0 Å². The summed E-state index contributed by atoms with van der Waals surface area (Å²) in [5.74, 6) is -0.403. The summed E-state index contributed by atoms with van der Waals surface area (Å²) in [5, 5.41) is 20.8. The summed E-state index contributed by atoms with van der Waals surface area (Å²) < 4.78 is 11.7. The molecular formula is C22H24O5. The molecule has 2 N–H and O–H groups in total. The van der Waals surface area contributed by atoms with E-state index >= 15 is 0 Å². The van der Waals surface area contributed by atoms with Gasteiger partial charge in [-0.15, -0.1) is 0 Å². The fourth-order valence-electron chi connectivity index (χ4n) is 3.39. The van der Waals surface area contributed by atoms with Crippen LogP contribution in [0.5, 0.6) is 17.2 Å². The molecule has 0 fully saturated rings. The third-order valence-corrected chi connectivity index (χ3v) is 4.83. The van der Waals surface area contributed by atoms with E-state index in [1.54, 1.807) is 12.1 Å². The highest BCUT2D eigenvalue weighted by Crippen LogP contribution is 2.44. The van der Waals surface area contributed by atoms with E-state index in [1.165, 1.54) is 18.7 Å². The lowest BCUT2D eigenvalue weighted by molar-refractivity contribution is 0.0693. The largest absolute Gasteiger partial charge is 0.506 e. The van der Waals surface area contributed by atoms with Crippen LogP contribution in [0, 0.1) is 0 Å². The molecule has 0 unspecified atom stereocenters. The second kappa shape index (κ2) is 6.99. The molecule has 1 aliphatic heterocycles. The number of benzene rings is 2. The van der Waals surface area contributed by atoms with Crippen molar-refractivity contribution >= 4 is 22.8 Å². The zero-order valence-corrected chi connectivity index (χ0v) is 16.0. The van der Waals surface area contributed by atoms with Gasteiger partial charge in [0.15, 0.2) is 0 Å². The van der Waals surface area contributed by atoms with E-state index < -0.39 is 11.6 Å². The number of rotatable bonds is 5. The monoisotopic (exact) mass is 368 g/mol. The Kier molecular flexibility index (Phi) is 4.87. The van der Waals surface area contributed by atoms with E-state index in [9.17, 15) is 15.0 Å². The van der Waals surface area contributed by atoms with Crippen molar-refractivity contribution in [3.63, 3.8) is 0 Å². The highest BCUT2D eigenvalue weighted by molar-refractivity contribution is 6.07. The first-order valence-corrected chi connectivity index (χ1v) is 8.87. The zero-order chi connectivity index (χ0) is 19.8. The molecule has 0 radical (unpaired) electrons. The maximum atomic E-state index is 11.4. The topological polar surface area (TPSA) is 76.0 Å². The van der Waals surface area contributed by atoms with Gasteiger partial charge in [-0.05, 0) is 57.9 Å². The Morgan fingerprint density at radius 2 is 2.07 bits per heavy atom. The number of fused-ring (bicyclic) bond motifs is 3. The standard InChI is InChI=1S/C22H24O5/c1-13(2)6-5-10-22(3)11-9-14-17(27-22)8-7-15-19(14)18(26-4)12-16(20(15)23)21(24)25/h6-9,11-12,23H,5,10H2,1-4H3,(H,24,25)/t22-/m1/s1. The molecule has 2 aromatic carbocycles. The Morgan fingerprint density at radius 1 is 1.33 bits per heavy atom. The Labute approximate surface area is 158 Å². The molecule has 1 aliphatic rings. The third kappa shape index (κ3) is 3.50. The summed E-state index contributed by atoms with van der Waals surface area (Å²) in [7, 11) is 1.48. The van der Waals surface area contributed by atoms with Crippen LogP contribution in [-0.4, -0.2) is 28.9 Å². The van der Waals surface area contributed by atoms with Crippen LogP contribution in [0.1, 0.15) is 49.5 Å². The van der Waals surface area contributed by atoms with E-state index in [0.29, 0.717) is 22.3 Å². The van der Waals surface area contributed by atoms with Crippen molar-refractivity contribution in [2.45, 2.75) is 39.2 Å². The van der Waals surface area contributed by atoms with Crippen LogP contribution in [0.4, 0.5) is 0 Å². The van der Waals surface area contributed by atoms with Crippen molar-refractivity contribution in [1.82, 2.24) is 0 Å². The maximum absolute atomic E-state index is 11.4. The Bertz CT molecular complexity index is 967. The van der Waals surface area contributed by atoms with Crippen molar-refractivity contribution < 1.29 is 24.5 Å². The van der Waals surface area contributed by atoms with Gasteiger partial charge in [-0.1, -0.05) is 17.7 Å². The predicted molar refractivity (Wildman–Crippen MR) is 106 cm³/mol. The Hall–Kier alpha value is -2.95. The fraction of sp³-hybridized carbons (Fsp3) is 0.318. The average molecular weight is 368 g/mol. The lowest BCUT2D eigenvalue weighted by atomic mass is 9.91. The van der Waals surface area contributed by atoms with Gasteiger partial charge < -0.3 is 19.7 Å². The van der Waals surface area contributed by atoms with Gasteiger partial charge in [0.2, 0.25) is 0 Å². The number of carbonyl (C=O) groups is 1. The van der Waals surface area contributed by atoms with Crippen LogP contribution >= 0.6 is 0 Å². The summed E-state index contributed by atoms with van der Waals surface area (Å²) in [6, 6.07) is 4.79. The number of phenols is 1. The normalized spacial score (nSPS) is 17.9. The SMILES string of the molecule is COc1cc(C(=O)O)c(O)c2ccc3c(c12)C=C[C@@](C)(CCC=C(C)C)O3. The lowest BCUT2D eigenvalue weighted by Gasteiger charge is -2.32. The number of aromatic carboxylic acids is 1. The number of aromatic hydroxyl groups is 1. The van der Waals surface area contributed by atoms with Gasteiger partial charge in [-0.2, -0.15) is 0 Å². The van der Waals surface area contributed by atoms with Crippen molar-refractivity contribution in [3.8, 4) is 17.2 Å². The number of methoxy groups -OCH3 is 1. The molecule has 0 saturated heterocycles. The van der Waals surface area contributed by atoms with E-state index in [1.807, 2.05) is 19.1 Å². The lowest BCUT2D eigenvalue weighted by Crippen LogP contribution is -2.31. The Morgan fingerprint density at radius 3 is 2.70 bits per heavy atom. The zero-order valence-electron chi connectivity index (χ0n) is 16.0. The Balaban J connectivity index is 2.09. The number of allylic oxidation sites excluding steroid dienone is 2. The highest BCUT2D eigenvalue weighted by atomic mass is 16.5. The summed E-state index contributed by atoms with van der Waals surface area (Å²) >= 11 is 0. The molecule has 5 heteroatoms. The van der Waals surface area contributed by atoms with E-state index in [4.69, 9.17) is 9.47 Å². The van der Waals surface area contributed by atoms with Crippen LogP contribution in [0.3, 0.4) is 0 Å². The molecular weight excluding hydrogens is 344 g/mol. The third-order valence-electron chi connectivity index (χ3n) is 4.83. The first kappa shape index (κ1) is 18.8. The summed E-state index contributed by atoms with van der Waals surface area (Å²) in [6.45, 7) is 6.19. The summed E-state index contributed by atoms with van der Waals surface area (Å²) in [4.78, 5) is 11.4. The minimum absolute atomic E-state index is 0.188. The number of hydrogen-bond acceptors (Lipinski definition) is 4. The fourth-order valence-corrected chi connectivity index (χ4v) is 3.39. The minimum Gasteiger partial charge on any atom is -0.506 e. The average Bonchev–Trinajstić information content (AvgIpc) is 2.60.